The van der Waals surface area contributed by atoms with Crippen LogP contribution in [0.3, 0.4) is 0 Å². The van der Waals surface area contributed by atoms with Crippen molar-refractivity contribution in [3.8, 4) is 0 Å². The van der Waals surface area contributed by atoms with Crippen LogP contribution >= 0.6 is 23.2 Å². The van der Waals surface area contributed by atoms with E-state index in [4.69, 9.17) is 23.2 Å². The fourth-order valence-corrected chi connectivity index (χ4v) is 2.98. The zero-order chi connectivity index (χ0) is 6.48. The highest BCUT2D eigenvalue weighted by Gasteiger charge is 2.49. The predicted octanol–water partition coefficient (Wildman–Crippen LogP) is 2.78. The van der Waals surface area contributed by atoms with E-state index in [9.17, 15) is 0 Å². The van der Waals surface area contributed by atoms with Crippen molar-refractivity contribution in [2.75, 3.05) is 0 Å². The second-order valence-corrected chi connectivity index (χ2v) is 4.63. The van der Waals surface area contributed by atoms with Crippen LogP contribution in [0, 0.1) is 5.92 Å². The summed E-state index contributed by atoms with van der Waals surface area (Å²) in [5, 5.41) is 0.262. The topological polar surface area (TPSA) is 0 Å². The lowest BCUT2D eigenvalue weighted by molar-refractivity contribution is 0.502. The van der Waals surface area contributed by atoms with Crippen molar-refractivity contribution >= 4 is 23.2 Å². The first-order valence-electron chi connectivity index (χ1n) is 3.54. The maximum atomic E-state index is 6.22. The van der Waals surface area contributed by atoms with Crippen LogP contribution in [-0.4, -0.2) is 10.3 Å². The Labute approximate surface area is 65.5 Å². The molecule has 0 aromatic carbocycles. The smallest absolute Gasteiger partial charge is 0.0612 e. The average Bonchev–Trinajstić information content (AvgIpc) is 2.22. The normalized spacial score (nSPS) is 56.7. The van der Waals surface area contributed by atoms with Gasteiger partial charge in [0, 0.05) is 0 Å². The van der Waals surface area contributed by atoms with Crippen molar-refractivity contribution in [1.29, 1.82) is 0 Å². The van der Waals surface area contributed by atoms with Crippen LogP contribution in [0.5, 0.6) is 0 Å². The fourth-order valence-electron chi connectivity index (χ4n) is 2.12. The first-order chi connectivity index (χ1) is 4.21. The molecule has 0 aromatic heterocycles. The number of hydrogen-bond donors (Lipinski definition) is 0. The van der Waals surface area contributed by atoms with Crippen LogP contribution < -0.4 is 0 Å². The van der Waals surface area contributed by atoms with E-state index in [-0.39, 0.29) is 10.3 Å². The number of halogens is 2. The molecule has 2 rings (SSSR count). The molecule has 9 heavy (non-hydrogen) atoms. The summed E-state index contributed by atoms with van der Waals surface area (Å²) in [5.41, 5.74) is 0. The van der Waals surface area contributed by atoms with Gasteiger partial charge in [0.15, 0.2) is 0 Å². The van der Waals surface area contributed by atoms with Gasteiger partial charge in [0.25, 0.3) is 0 Å². The minimum Gasteiger partial charge on any atom is -0.121 e. The molecule has 0 spiro atoms. The zero-order valence-corrected chi connectivity index (χ0v) is 6.75. The van der Waals surface area contributed by atoms with Crippen LogP contribution in [0.15, 0.2) is 0 Å². The Kier molecular flexibility index (Phi) is 1.26. The highest BCUT2D eigenvalue weighted by atomic mass is 35.5. The van der Waals surface area contributed by atoms with E-state index in [0.717, 1.165) is 18.8 Å². The van der Waals surface area contributed by atoms with Crippen LogP contribution in [-0.2, 0) is 0 Å². The van der Waals surface area contributed by atoms with Gasteiger partial charge in [0.2, 0.25) is 0 Å². The SMILES string of the molecule is Cl[C@H]1C[C@H]2CC[C@]1(Cl)C2. The molecule has 0 aliphatic heterocycles. The van der Waals surface area contributed by atoms with Crippen molar-refractivity contribution in [2.24, 2.45) is 5.92 Å². The Bertz CT molecular complexity index is 135. The van der Waals surface area contributed by atoms with E-state index in [1.807, 2.05) is 0 Å². The molecule has 2 aliphatic carbocycles. The summed E-state index contributed by atoms with van der Waals surface area (Å²) in [7, 11) is 0. The van der Waals surface area contributed by atoms with E-state index in [0.29, 0.717) is 0 Å². The van der Waals surface area contributed by atoms with Gasteiger partial charge in [-0.15, -0.1) is 23.2 Å². The largest absolute Gasteiger partial charge is 0.121 e. The molecule has 0 amide bonds. The molecule has 52 valence electrons. The number of alkyl halides is 2. The molecular formula is C7H10Cl2. The lowest BCUT2D eigenvalue weighted by Gasteiger charge is -2.23. The lowest BCUT2D eigenvalue weighted by Crippen LogP contribution is -2.25. The second kappa shape index (κ2) is 1.79. The van der Waals surface area contributed by atoms with Crippen LogP contribution in [0.25, 0.3) is 0 Å². The first kappa shape index (κ1) is 6.30. The van der Waals surface area contributed by atoms with Crippen molar-refractivity contribution in [1.82, 2.24) is 0 Å². The van der Waals surface area contributed by atoms with Crippen molar-refractivity contribution < 1.29 is 0 Å². The Morgan fingerprint density at radius 1 is 1.44 bits per heavy atom. The Morgan fingerprint density at radius 3 is 2.44 bits per heavy atom. The summed E-state index contributed by atoms with van der Waals surface area (Å²) in [6, 6.07) is 0. The number of fused-ring (bicyclic) bond motifs is 2. The summed E-state index contributed by atoms with van der Waals surface area (Å²) in [4.78, 5) is 0.00617. The third-order valence-corrected chi connectivity index (χ3v) is 4.01. The fraction of sp³-hybridized carbons (Fsp3) is 1.00. The summed E-state index contributed by atoms with van der Waals surface area (Å²) in [6.45, 7) is 0. The molecule has 0 heterocycles. The van der Waals surface area contributed by atoms with E-state index >= 15 is 0 Å². The van der Waals surface area contributed by atoms with Crippen LogP contribution in [0.1, 0.15) is 25.7 Å². The quantitative estimate of drug-likeness (QED) is 0.484. The number of hydrogen-bond acceptors (Lipinski definition) is 0. The van der Waals surface area contributed by atoms with Gasteiger partial charge in [0.1, 0.15) is 0 Å². The average molecular weight is 165 g/mol. The molecule has 2 aliphatic rings. The second-order valence-electron chi connectivity index (χ2n) is 3.35. The maximum absolute atomic E-state index is 6.22. The molecule has 2 bridgehead atoms. The van der Waals surface area contributed by atoms with Gasteiger partial charge in [-0.25, -0.2) is 0 Å². The minimum absolute atomic E-state index is 0.00617. The van der Waals surface area contributed by atoms with E-state index in [1.165, 1.54) is 12.8 Å². The molecular weight excluding hydrogens is 155 g/mol. The van der Waals surface area contributed by atoms with Gasteiger partial charge in [-0.3, -0.25) is 0 Å². The monoisotopic (exact) mass is 164 g/mol. The van der Waals surface area contributed by atoms with Crippen LogP contribution in [0.2, 0.25) is 0 Å². The molecule has 2 fully saturated rings. The molecule has 0 unspecified atom stereocenters. The van der Waals surface area contributed by atoms with Gasteiger partial charge in [-0.1, -0.05) is 0 Å². The molecule has 0 N–H and O–H groups in total. The van der Waals surface area contributed by atoms with Gasteiger partial charge < -0.3 is 0 Å². The standard InChI is InChI=1S/C7H10Cl2/c8-6-3-5-1-2-7(6,9)4-5/h5-6H,1-4H2/t5-,6+,7+/m1/s1. The predicted molar refractivity (Wildman–Crippen MR) is 40.2 cm³/mol. The number of rotatable bonds is 0. The van der Waals surface area contributed by atoms with Gasteiger partial charge in [-0.05, 0) is 31.6 Å². The van der Waals surface area contributed by atoms with E-state index < -0.39 is 0 Å². The van der Waals surface area contributed by atoms with Crippen LogP contribution in [0.4, 0.5) is 0 Å². The molecule has 2 saturated carbocycles. The summed E-state index contributed by atoms with van der Waals surface area (Å²) < 4.78 is 0. The Balaban J connectivity index is 2.22. The summed E-state index contributed by atoms with van der Waals surface area (Å²) in [6.07, 6.45) is 4.79. The van der Waals surface area contributed by atoms with Gasteiger partial charge >= 0.3 is 0 Å². The summed E-state index contributed by atoms with van der Waals surface area (Å²) >= 11 is 12.2. The lowest BCUT2D eigenvalue weighted by atomic mass is 10.00. The van der Waals surface area contributed by atoms with Crippen molar-refractivity contribution in [3.05, 3.63) is 0 Å². The van der Waals surface area contributed by atoms with E-state index in [1.54, 1.807) is 0 Å². The Morgan fingerprint density at radius 2 is 2.22 bits per heavy atom. The zero-order valence-electron chi connectivity index (χ0n) is 5.24. The molecule has 0 nitrogen and oxygen atoms in total. The van der Waals surface area contributed by atoms with Gasteiger partial charge in [0.05, 0.1) is 10.3 Å². The first-order valence-corrected chi connectivity index (χ1v) is 4.35. The molecule has 0 radical (unpaired) electrons. The maximum Gasteiger partial charge on any atom is 0.0612 e. The molecule has 3 atom stereocenters. The van der Waals surface area contributed by atoms with Crippen molar-refractivity contribution in [3.63, 3.8) is 0 Å². The highest BCUT2D eigenvalue weighted by molar-refractivity contribution is 6.33. The van der Waals surface area contributed by atoms with Gasteiger partial charge in [-0.2, -0.15) is 0 Å². The van der Waals surface area contributed by atoms with E-state index in [2.05, 4.69) is 0 Å². The molecule has 0 saturated heterocycles. The third-order valence-electron chi connectivity index (χ3n) is 2.70. The summed E-state index contributed by atoms with van der Waals surface area (Å²) in [5.74, 6) is 0.852. The Hall–Kier alpha value is 0.580. The molecule has 0 aromatic rings. The van der Waals surface area contributed by atoms with Crippen molar-refractivity contribution in [2.45, 2.75) is 35.9 Å². The minimum atomic E-state index is 0.00617. The highest BCUT2D eigenvalue weighted by Crippen LogP contribution is 2.53. The third kappa shape index (κ3) is 0.798. The molecule has 2 heteroatoms.